The van der Waals surface area contributed by atoms with Crippen LogP contribution < -0.4 is 0 Å². The van der Waals surface area contributed by atoms with Crippen LogP contribution in [0.5, 0.6) is 0 Å². The second-order valence-corrected chi connectivity index (χ2v) is 8.96. The predicted molar refractivity (Wildman–Crippen MR) is 91.7 cm³/mol. The fraction of sp³-hybridized carbons (Fsp3) is 0.850. The highest BCUT2D eigenvalue weighted by Gasteiger charge is 2.51. The highest BCUT2D eigenvalue weighted by Crippen LogP contribution is 2.59. The summed E-state index contributed by atoms with van der Waals surface area (Å²) in [6, 6.07) is 0. The minimum absolute atomic E-state index is 0.286. The Labute approximate surface area is 136 Å². The molecule has 0 aromatic rings. The first-order chi connectivity index (χ1) is 10.2. The first-order valence-electron chi connectivity index (χ1n) is 9.06. The Morgan fingerprint density at radius 2 is 2.00 bits per heavy atom. The van der Waals surface area contributed by atoms with Crippen molar-refractivity contribution in [1.82, 2.24) is 0 Å². The van der Waals surface area contributed by atoms with E-state index >= 15 is 0 Å². The van der Waals surface area contributed by atoms with Gasteiger partial charge in [0, 0.05) is 6.42 Å². The van der Waals surface area contributed by atoms with E-state index in [1.807, 2.05) is 0 Å². The van der Waals surface area contributed by atoms with Gasteiger partial charge in [-0.05, 0) is 60.2 Å². The van der Waals surface area contributed by atoms with E-state index in [0.29, 0.717) is 23.2 Å². The van der Waals surface area contributed by atoms with Crippen LogP contribution in [0.4, 0.5) is 0 Å². The quantitative estimate of drug-likeness (QED) is 0.678. The van der Waals surface area contributed by atoms with Crippen LogP contribution in [0, 0.1) is 34.5 Å². The molecule has 126 valence electrons. The number of carboxylic acids is 1. The van der Waals surface area contributed by atoms with Crippen molar-refractivity contribution in [1.29, 1.82) is 0 Å². The summed E-state index contributed by atoms with van der Waals surface area (Å²) in [7, 11) is 0. The van der Waals surface area contributed by atoms with Gasteiger partial charge in [0.05, 0.1) is 0 Å². The van der Waals surface area contributed by atoms with Gasteiger partial charge in [0.1, 0.15) is 0 Å². The fourth-order valence-corrected chi connectivity index (χ4v) is 5.50. The zero-order chi connectivity index (χ0) is 16.5. The molecule has 0 aliphatic heterocycles. The fourth-order valence-electron chi connectivity index (χ4n) is 5.50. The van der Waals surface area contributed by atoms with Crippen LogP contribution in [0.3, 0.4) is 0 Å². The molecule has 0 unspecified atom stereocenters. The molecule has 1 N–H and O–H groups in total. The highest BCUT2D eigenvalue weighted by atomic mass is 16.4. The first-order valence-corrected chi connectivity index (χ1v) is 9.06. The molecule has 1 saturated carbocycles. The van der Waals surface area contributed by atoms with Crippen molar-refractivity contribution in [2.45, 2.75) is 73.1 Å². The average Bonchev–Trinajstić information content (AvgIpc) is 2.35. The van der Waals surface area contributed by atoms with E-state index in [4.69, 9.17) is 5.11 Å². The zero-order valence-corrected chi connectivity index (χ0v) is 15.1. The van der Waals surface area contributed by atoms with Gasteiger partial charge in [-0.15, -0.1) is 0 Å². The summed E-state index contributed by atoms with van der Waals surface area (Å²) in [6.07, 6.45) is 11.3. The van der Waals surface area contributed by atoms with Gasteiger partial charge in [0.2, 0.25) is 0 Å². The average molecular weight is 306 g/mol. The summed E-state index contributed by atoms with van der Waals surface area (Å²) in [6.45, 7) is 11.8. The molecule has 2 heteroatoms. The molecule has 1 fully saturated rings. The third kappa shape index (κ3) is 3.41. The molecule has 0 saturated heterocycles. The summed E-state index contributed by atoms with van der Waals surface area (Å²) in [4.78, 5) is 10.9. The predicted octanol–water partition coefficient (Wildman–Crippen LogP) is 5.53. The van der Waals surface area contributed by atoms with Gasteiger partial charge < -0.3 is 5.11 Å². The Bertz CT molecular complexity index is 437. The molecule has 2 rings (SSSR count). The molecule has 5 atom stereocenters. The number of allylic oxidation sites excluding steroid dienone is 2. The van der Waals surface area contributed by atoms with Crippen molar-refractivity contribution < 1.29 is 9.90 Å². The van der Waals surface area contributed by atoms with E-state index in [9.17, 15) is 4.79 Å². The molecule has 0 heterocycles. The van der Waals surface area contributed by atoms with Gasteiger partial charge in [0.25, 0.3) is 0 Å². The molecule has 2 nitrogen and oxygen atoms in total. The number of rotatable bonds is 5. The van der Waals surface area contributed by atoms with Crippen LogP contribution in [0.2, 0.25) is 0 Å². The molecule has 22 heavy (non-hydrogen) atoms. The lowest BCUT2D eigenvalue weighted by Crippen LogP contribution is -2.49. The van der Waals surface area contributed by atoms with Crippen LogP contribution in [0.25, 0.3) is 0 Å². The number of carbonyl (C=O) groups is 1. The van der Waals surface area contributed by atoms with Gasteiger partial charge in [-0.3, -0.25) is 4.79 Å². The van der Waals surface area contributed by atoms with Crippen LogP contribution in [0.1, 0.15) is 73.1 Å². The van der Waals surface area contributed by atoms with Crippen molar-refractivity contribution in [3.8, 4) is 0 Å². The first kappa shape index (κ1) is 17.6. The van der Waals surface area contributed by atoms with Gasteiger partial charge in [-0.2, -0.15) is 0 Å². The minimum atomic E-state index is -0.660. The lowest BCUT2D eigenvalue weighted by molar-refractivity contribution is -0.138. The largest absolute Gasteiger partial charge is 0.481 e. The van der Waals surface area contributed by atoms with Crippen LogP contribution in [0.15, 0.2) is 12.2 Å². The number of hydrogen-bond donors (Lipinski definition) is 1. The maximum absolute atomic E-state index is 10.9. The molecule has 2 aliphatic carbocycles. The van der Waals surface area contributed by atoms with E-state index in [-0.39, 0.29) is 5.92 Å². The summed E-state index contributed by atoms with van der Waals surface area (Å²) in [5.41, 5.74) is 0.691. The van der Waals surface area contributed by atoms with Gasteiger partial charge in [-0.1, -0.05) is 53.2 Å². The molecule has 0 radical (unpaired) electrons. The minimum Gasteiger partial charge on any atom is -0.481 e. The number of fused-ring (bicyclic) bond motifs is 1. The molecular formula is C20H34O2. The Kier molecular flexibility index (Phi) is 5.09. The molecule has 0 spiro atoms. The van der Waals surface area contributed by atoms with Crippen LogP contribution in [-0.4, -0.2) is 11.1 Å². The Morgan fingerprint density at radius 1 is 1.32 bits per heavy atom. The highest BCUT2D eigenvalue weighted by molar-refractivity contribution is 5.66. The lowest BCUT2D eigenvalue weighted by Gasteiger charge is -2.57. The monoisotopic (exact) mass is 306 g/mol. The Balaban J connectivity index is 2.12. The second-order valence-electron chi connectivity index (χ2n) is 8.96. The van der Waals surface area contributed by atoms with Crippen molar-refractivity contribution in [2.75, 3.05) is 0 Å². The third-order valence-corrected chi connectivity index (χ3v) is 6.71. The van der Waals surface area contributed by atoms with E-state index in [0.717, 1.165) is 18.3 Å². The van der Waals surface area contributed by atoms with Gasteiger partial charge in [-0.25, -0.2) is 0 Å². The summed E-state index contributed by atoms with van der Waals surface area (Å²) in [5.74, 6) is 1.83. The SMILES string of the molecule is C[C@@H](CC[C@H]1[C@@H](C)CC[C@H]2C(C)(C)CC=C[C@]12C)CC(=O)O. The van der Waals surface area contributed by atoms with E-state index in [2.05, 4.69) is 46.8 Å². The number of aliphatic carboxylic acids is 1. The lowest BCUT2D eigenvalue weighted by atomic mass is 9.48. The van der Waals surface area contributed by atoms with Crippen molar-refractivity contribution >= 4 is 5.97 Å². The summed E-state index contributed by atoms with van der Waals surface area (Å²) >= 11 is 0. The smallest absolute Gasteiger partial charge is 0.303 e. The van der Waals surface area contributed by atoms with Gasteiger partial charge in [0.15, 0.2) is 0 Å². The van der Waals surface area contributed by atoms with E-state index in [1.54, 1.807) is 0 Å². The van der Waals surface area contributed by atoms with E-state index < -0.39 is 5.97 Å². The molecule has 0 aromatic carbocycles. The standard InChI is InChI=1S/C20H34O2/c1-14(13-18(21)22)7-9-16-15(2)8-10-17-19(3,4)11-6-12-20(16,17)5/h6,12,14-17H,7-11,13H2,1-5H3,(H,21,22)/t14-,15-,16-,17-,20+/m0/s1. The third-order valence-electron chi connectivity index (χ3n) is 6.71. The Hall–Kier alpha value is -0.790. The molecular weight excluding hydrogens is 272 g/mol. The Morgan fingerprint density at radius 3 is 2.64 bits per heavy atom. The molecule has 0 aromatic heterocycles. The maximum Gasteiger partial charge on any atom is 0.303 e. The van der Waals surface area contributed by atoms with Crippen LogP contribution >= 0.6 is 0 Å². The normalized spacial score (nSPS) is 38.3. The molecule has 0 amide bonds. The summed E-state index contributed by atoms with van der Waals surface area (Å²) in [5, 5.41) is 8.97. The summed E-state index contributed by atoms with van der Waals surface area (Å²) < 4.78 is 0. The van der Waals surface area contributed by atoms with Crippen LogP contribution in [-0.2, 0) is 4.79 Å². The van der Waals surface area contributed by atoms with E-state index in [1.165, 1.54) is 25.7 Å². The molecule has 0 bridgehead atoms. The topological polar surface area (TPSA) is 37.3 Å². The van der Waals surface area contributed by atoms with Gasteiger partial charge >= 0.3 is 5.97 Å². The number of hydrogen-bond acceptors (Lipinski definition) is 1. The molecule has 2 aliphatic rings. The maximum atomic E-state index is 10.9. The van der Waals surface area contributed by atoms with Crippen molar-refractivity contribution in [2.24, 2.45) is 34.5 Å². The van der Waals surface area contributed by atoms with Crippen molar-refractivity contribution in [3.05, 3.63) is 12.2 Å². The zero-order valence-electron chi connectivity index (χ0n) is 15.1. The number of carboxylic acid groups (broad SMARTS) is 1. The second kappa shape index (κ2) is 6.37. The van der Waals surface area contributed by atoms with Crippen molar-refractivity contribution in [3.63, 3.8) is 0 Å².